The lowest BCUT2D eigenvalue weighted by Gasteiger charge is -1.94. The van der Waals surface area contributed by atoms with E-state index in [9.17, 15) is 0 Å². The van der Waals surface area contributed by atoms with Gasteiger partial charge in [-0.25, -0.2) is 9.97 Å². The van der Waals surface area contributed by atoms with Crippen LogP contribution in [0.3, 0.4) is 0 Å². The normalized spacial score (nSPS) is 10.4. The first-order valence-corrected chi connectivity index (χ1v) is 2.91. The second-order valence-corrected chi connectivity index (χ2v) is 1.96. The zero-order valence-corrected chi connectivity index (χ0v) is 5.23. The van der Waals surface area contributed by atoms with E-state index in [4.69, 9.17) is 5.73 Å². The molecule has 2 heterocycles. The Kier molecular flexibility index (Phi) is 0.887. The Hall–Kier alpha value is -1.58. The van der Waals surface area contributed by atoms with Crippen LogP contribution in [0.1, 0.15) is 0 Å². The molecule has 10 heavy (non-hydrogen) atoms. The Balaban J connectivity index is 2.95. The Labute approximate surface area is 57.3 Å². The molecule has 2 N–H and O–H groups in total. The van der Waals surface area contributed by atoms with E-state index in [1.165, 1.54) is 0 Å². The van der Waals surface area contributed by atoms with E-state index < -0.39 is 0 Å². The van der Waals surface area contributed by atoms with E-state index in [-0.39, 0.29) is 0 Å². The van der Waals surface area contributed by atoms with E-state index in [0.717, 1.165) is 5.65 Å². The maximum Gasteiger partial charge on any atom is 0.205 e. The fourth-order valence-corrected chi connectivity index (χ4v) is 0.874. The predicted octanol–water partition coefficient (Wildman–Crippen LogP) is 0.311. The van der Waals surface area contributed by atoms with E-state index in [2.05, 4.69) is 9.97 Å². The van der Waals surface area contributed by atoms with Gasteiger partial charge in [0, 0.05) is 18.6 Å². The quantitative estimate of drug-likeness (QED) is 0.564. The van der Waals surface area contributed by atoms with E-state index in [1.54, 1.807) is 29.1 Å². The Bertz CT molecular complexity index is 351. The number of nitrogen functional groups attached to an aromatic ring is 1. The topological polar surface area (TPSA) is 56.2 Å². The van der Waals surface area contributed by atoms with Crippen molar-refractivity contribution in [2.45, 2.75) is 0 Å². The molecule has 0 radical (unpaired) electrons. The zero-order chi connectivity index (χ0) is 6.97. The molecule has 0 aliphatic carbocycles. The third kappa shape index (κ3) is 0.556. The minimum atomic E-state index is 0.468. The molecule has 0 saturated carbocycles. The van der Waals surface area contributed by atoms with Crippen LogP contribution in [0.25, 0.3) is 5.65 Å². The molecule has 0 spiro atoms. The summed E-state index contributed by atoms with van der Waals surface area (Å²) in [6.45, 7) is 0. The molecule has 2 aromatic heterocycles. The number of rotatable bonds is 0. The summed E-state index contributed by atoms with van der Waals surface area (Å²) in [4.78, 5) is 7.90. The standard InChI is InChI=1S/C6H6N4/c7-6-9-2-1-5-8-3-4-10(5)6/h1-4H,(H2,7,9). The van der Waals surface area contributed by atoms with Crippen molar-refractivity contribution in [3.63, 3.8) is 0 Å². The van der Waals surface area contributed by atoms with Crippen LogP contribution < -0.4 is 5.73 Å². The van der Waals surface area contributed by atoms with Gasteiger partial charge in [-0.3, -0.25) is 4.40 Å². The monoisotopic (exact) mass is 134 g/mol. The highest BCUT2D eigenvalue weighted by Crippen LogP contribution is 2.01. The van der Waals surface area contributed by atoms with E-state index in [0.29, 0.717) is 5.95 Å². The molecule has 0 amide bonds. The zero-order valence-electron chi connectivity index (χ0n) is 5.23. The summed E-state index contributed by atoms with van der Waals surface area (Å²) in [5.74, 6) is 0.468. The lowest BCUT2D eigenvalue weighted by atomic mass is 10.6. The van der Waals surface area contributed by atoms with Crippen molar-refractivity contribution in [2.24, 2.45) is 0 Å². The number of aromatic nitrogens is 3. The summed E-state index contributed by atoms with van der Waals surface area (Å²) in [5, 5.41) is 0. The number of hydrogen-bond acceptors (Lipinski definition) is 3. The van der Waals surface area contributed by atoms with Gasteiger partial charge < -0.3 is 5.73 Å². The number of anilines is 1. The first-order chi connectivity index (χ1) is 4.88. The summed E-state index contributed by atoms with van der Waals surface area (Å²) in [6.07, 6.45) is 5.10. The Morgan fingerprint density at radius 2 is 2.20 bits per heavy atom. The van der Waals surface area contributed by atoms with Gasteiger partial charge in [0.25, 0.3) is 0 Å². The SMILES string of the molecule is Nc1nccc2nccn12. The van der Waals surface area contributed by atoms with Gasteiger partial charge in [-0.2, -0.15) is 0 Å². The summed E-state index contributed by atoms with van der Waals surface area (Å²) in [7, 11) is 0. The average molecular weight is 134 g/mol. The van der Waals surface area contributed by atoms with Crippen LogP contribution in [-0.4, -0.2) is 14.4 Å². The maximum atomic E-state index is 5.51. The van der Waals surface area contributed by atoms with Crippen LogP contribution in [0.15, 0.2) is 24.7 Å². The molecule has 4 heteroatoms. The van der Waals surface area contributed by atoms with Gasteiger partial charge in [0.1, 0.15) is 5.65 Å². The van der Waals surface area contributed by atoms with Gasteiger partial charge in [-0.05, 0) is 6.07 Å². The molecule has 0 aliphatic rings. The molecule has 0 aromatic carbocycles. The number of hydrogen-bond donors (Lipinski definition) is 1. The molecular formula is C6H6N4. The van der Waals surface area contributed by atoms with Crippen molar-refractivity contribution in [1.82, 2.24) is 14.4 Å². The first kappa shape index (κ1) is 5.22. The molecule has 0 saturated heterocycles. The van der Waals surface area contributed by atoms with Crippen LogP contribution in [0.2, 0.25) is 0 Å². The summed E-state index contributed by atoms with van der Waals surface area (Å²) in [5.41, 5.74) is 6.34. The smallest absolute Gasteiger partial charge is 0.205 e. The lowest BCUT2D eigenvalue weighted by Crippen LogP contribution is -1.97. The van der Waals surface area contributed by atoms with Crippen LogP contribution in [-0.2, 0) is 0 Å². The van der Waals surface area contributed by atoms with Crippen LogP contribution >= 0.6 is 0 Å². The highest BCUT2D eigenvalue weighted by atomic mass is 15.1. The molecule has 0 bridgehead atoms. The minimum absolute atomic E-state index is 0.468. The van der Waals surface area contributed by atoms with Crippen LogP contribution in [0.5, 0.6) is 0 Å². The van der Waals surface area contributed by atoms with Crippen LogP contribution in [0, 0.1) is 0 Å². The molecule has 0 unspecified atom stereocenters. The molecule has 0 fully saturated rings. The fraction of sp³-hybridized carbons (Fsp3) is 0. The predicted molar refractivity (Wildman–Crippen MR) is 37.4 cm³/mol. The number of nitrogens with zero attached hydrogens (tertiary/aromatic N) is 3. The highest BCUT2D eigenvalue weighted by Gasteiger charge is 1.94. The number of imidazole rings is 1. The molecule has 50 valence electrons. The fourth-order valence-electron chi connectivity index (χ4n) is 0.874. The maximum absolute atomic E-state index is 5.51. The molecule has 0 aliphatic heterocycles. The third-order valence-electron chi connectivity index (χ3n) is 1.35. The van der Waals surface area contributed by atoms with E-state index in [1.807, 2.05) is 0 Å². The van der Waals surface area contributed by atoms with Crippen molar-refractivity contribution in [1.29, 1.82) is 0 Å². The largest absolute Gasteiger partial charge is 0.369 e. The van der Waals surface area contributed by atoms with Gasteiger partial charge in [0.05, 0.1) is 0 Å². The van der Waals surface area contributed by atoms with Gasteiger partial charge >= 0.3 is 0 Å². The van der Waals surface area contributed by atoms with E-state index >= 15 is 0 Å². The van der Waals surface area contributed by atoms with Gasteiger partial charge in [-0.1, -0.05) is 0 Å². The van der Waals surface area contributed by atoms with Crippen molar-refractivity contribution in [3.05, 3.63) is 24.7 Å². The van der Waals surface area contributed by atoms with Crippen LogP contribution in [0.4, 0.5) is 5.95 Å². The molecule has 4 nitrogen and oxygen atoms in total. The summed E-state index contributed by atoms with van der Waals surface area (Å²) >= 11 is 0. The molecular weight excluding hydrogens is 128 g/mol. The second-order valence-electron chi connectivity index (χ2n) is 1.96. The van der Waals surface area contributed by atoms with Gasteiger partial charge in [0.2, 0.25) is 5.95 Å². The first-order valence-electron chi connectivity index (χ1n) is 2.91. The van der Waals surface area contributed by atoms with Crippen molar-refractivity contribution >= 4 is 11.6 Å². The molecule has 0 atom stereocenters. The average Bonchev–Trinajstić information content (AvgIpc) is 2.36. The summed E-state index contributed by atoms with van der Waals surface area (Å²) < 4.78 is 1.72. The van der Waals surface area contributed by atoms with Crippen molar-refractivity contribution < 1.29 is 0 Å². The Morgan fingerprint density at radius 3 is 3.00 bits per heavy atom. The minimum Gasteiger partial charge on any atom is -0.369 e. The number of nitrogens with two attached hydrogens (primary N) is 1. The Morgan fingerprint density at radius 1 is 1.30 bits per heavy atom. The van der Waals surface area contributed by atoms with Crippen molar-refractivity contribution in [2.75, 3.05) is 5.73 Å². The molecule has 2 aromatic rings. The third-order valence-corrected chi connectivity index (χ3v) is 1.35. The number of fused-ring (bicyclic) bond motifs is 1. The highest BCUT2D eigenvalue weighted by molar-refractivity contribution is 5.42. The van der Waals surface area contributed by atoms with Gasteiger partial charge in [0.15, 0.2) is 0 Å². The lowest BCUT2D eigenvalue weighted by molar-refractivity contribution is 1.11. The molecule has 2 rings (SSSR count). The van der Waals surface area contributed by atoms with Gasteiger partial charge in [-0.15, -0.1) is 0 Å². The van der Waals surface area contributed by atoms with Crippen molar-refractivity contribution in [3.8, 4) is 0 Å². The summed E-state index contributed by atoms with van der Waals surface area (Å²) in [6, 6.07) is 1.80. The second kappa shape index (κ2) is 1.70.